The highest BCUT2D eigenvalue weighted by atomic mass is 32.2. The summed E-state index contributed by atoms with van der Waals surface area (Å²) in [6, 6.07) is 14.8. The number of rotatable bonds is 8. The SMILES string of the molecule is CCCOc1ccccc1/C=C1/SC(=O)N(CC(=O)Nc2ccc(N3CCOCC3)cc2)C1=O. The molecule has 0 aliphatic carbocycles. The van der Waals surface area contributed by atoms with Crippen LogP contribution in [0.4, 0.5) is 16.2 Å². The summed E-state index contributed by atoms with van der Waals surface area (Å²) in [5.74, 6) is -0.276. The first kappa shape index (κ1) is 23.8. The fourth-order valence-corrected chi connectivity index (χ4v) is 4.47. The molecular formula is C25H27N3O5S. The lowest BCUT2D eigenvalue weighted by Gasteiger charge is -2.28. The van der Waals surface area contributed by atoms with Crippen molar-refractivity contribution < 1.29 is 23.9 Å². The molecule has 2 fully saturated rings. The van der Waals surface area contributed by atoms with Crippen LogP contribution in [0.25, 0.3) is 6.08 Å². The molecule has 178 valence electrons. The van der Waals surface area contributed by atoms with E-state index in [2.05, 4.69) is 10.2 Å². The first-order valence-corrected chi connectivity index (χ1v) is 12.1. The van der Waals surface area contributed by atoms with Crippen LogP contribution in [0.15, 0.2) is 53.4 Å². The summed E-state index contributed by atoms with van der Waals surface area (Å²) in [6.45, 7) is 5.27. The highest BCUT2D eigenvalue weighted by molar-refractivity contribution is 8.18. The van der Waals surface area contributed by atoms with Crippen molar-refractivity contribution in [3.05, 3.63) is 59.0 Å². The maximum atomic E-state index is 12.8. The lowest BCUT2D eigenvalue weighted by Crippen LogP contribution is -2.36. The van der Waals surface area contributed by atoms with E-state index in [0.29, 0.717) is 36.8 Å². The molecule has 34 heavy (non-hydrogen) atoms. The van der Waals surface area contributed by atoms with E-state index >= 15 is 0 Å². The fourth-order valence-electron chi connectivity index (χ4n) is 3.64. The molecule has 1 N–H and O–H groups in total. The molecule has 2 saturated heterocycles. The Morgan fingerprint density at radius 2 is 1.85 bits per heavy atom. The van der Waals surface area contributed by atoms with Gasteiger partial charge in [-0.15, -0.1) is 0 Å². The lowest BCUT2D eigenvalue weighted by atomic mass is 10.2. The average Bonchev–Trinajstić information content (AvgIpc) is 3.11. The molecule has 9 heteroatoms. The second kappa shape index (κ2) is 11.2. The summed E-state index contributed by atoms with van der Waals surface area (Å²) in [4.78, 5) is 41.3. The number of thioether (sulfide) groups is 1. The van der Waals surface area contributed by atoms with Crippen LogP contribution in [0.1, 0.15) is 18.9 Å². The van der Waals surface area contributed by atoms with E-state index in [1.165, 1.54) is 0 Å². The van der Waals surface area contributed by atoms with Gasteiger partial charge in [0.1, 0.15) is 12.3 Å². The summed E-state index contributed by atoms with van der Waals surface area (Å²) < 4.78 is 11.1. The molecule has 2 aliphatic rings. The van der Waals surface area contributed by atoms with E-state index < -0.39 is 17.1 Å². The fraction of sp³-hybridized carbons (Fsp3) is 0.320. The zero-order chi connectivity index (χ0) is 23.9. The summed E-state index contributed by atoms with van der Waals surface area (Å²) in [6.07, 6.45) is 2.49. The van der Waals surface area contributed by atoms with Gasteiger partial charge in [-0.25, -0.2) is 0 Å². The van der Waals surface area contributed by atoms with Crippen molar-refractivity contribution in [1.29, 1.82) is 0 Å². The van der Waals surface area contributed by atoms with Gasteiger partial charge in [0.25, 0.3) is 11.1 Å². The van der Waals surface area contributed by atoms with Crippen LogP contribution in [0.5, 0.6) is 5.75 Å². The Morgan fingerprint density at radius 1 is 1.12 bits per heavy atom. The van der Waals surface area contributed by atoms with Gasteiger partial charge in [-0.1, -0.05) is 25.1 Å². The smallest absolute Gasteiger partial charge is 0.294 e. The molecule has 0 radical (unpaired) electrons. The van der Waals surface area contributed by atoms with E-state index in [-0.39, 0.29) is 11.4 Å². The topological polar surface area (TPSA) is 88.2 Å². The van der Waals surface area contributed by atoms with E-state index in [0.717, 1.165) is 41.9 Å². The van der Waals surface area contributed by atoms with Gasteiger partial charge >= 0.3 is 0 Å². The molecule has 2 aromatic rings. The average molecular weight is 482 g/mol. The van der Waals surface area contributed by atoms with Gasteiger partial charge in [-0.2, -0.15) is 0 Å². The number of ether oxygens (including phenoxy) is 2. The molecule has 0 atom stereocenters. The van der Waals surface area contributed by atoms with Gasteiger partial charge < -0.3 is 19.7 Å². The molecule has 0 bridgehead atoms. The van der Waals surface area contributed by atoms with Crippen LogP contribution < -0.4 is 15.0 Å². The Bertz CT molecular complexity index is 1080. The molecule has 4 rings (SSSR count). The first-order chi connectivity index (χ1) is 16.5. The maximum absolute atomic E-state index is 12.8. The Balaban J connectivity index is 1.38. The highest BCUT2D eigenvalue weighted by Crippen LogP contribution is 2.34. The van der Waals surface area contributed by atoms with Crippen LogP contribution in [0.2, 0.25) is 0 Å². The number of benzene rings is 2. The van der Waals surface area contributed by atoms with E-state index in [1.807, 2.05) is 55.5 Å². The third-order valence-electron chi connectivity index (χ3n) is 5.37. The van der Waals surface area contributed by atoms with Gasteiger partial charge in [0.15, 0.2) is 0 Å². The summed E-state index contributed by atoms with van der Waals surface area (Å²) in [5.41, 5.74) is 2.37. The van der Waals surface area contributed by atoms with Crippen LogP contribution in [-0.2, 0) is 14.3 Å². The van der Waals surface area contributed by atoms with Gasteiger partial charge in [-0.3, -0.25) is 19.3 Å². The van der Waals surface area contributed by atoms with Gasteiger partial charge in [0.2, 0.25) is 5.91 Å². The largest absolute Gasteiger partial charge is 0.493 e. The quantitative estimate of drug-likeness (QED) is 0.571. The van der Waals surface area contributed by atoms with Crippen molar-refractivity contribution in [2.75, 3.05) is 49.7 Å². The molecule has 0 spiro atoms. The highest BCUT2D eigenvalue weighted by Gasteiger charge is 2.36. The summed E-state index contributed by atoms with van der Waals surface area (Å²) >= 11 is 0.822. The molecule has 0 saturated carbocycles. The minimum absolute atomic E-state index is 0.264. The second-order valence-corrected chi connectivity index (χ2v) is 8.84. The van der Waals surface area contributed by atoms with Crippen molar-refractivity contribution in [3.63, 3.8) is 0 Å². The number of para-hydroxylation sites is 1. The van der Waals surface area contributed by atoms with Crippen LogP contribution in [0, 0.1) is 0 Å². The number of amides is 3. The van der Waals surface area contributed by atoms with E-state index in [4.69, 9.17) is 9.47 Å². The maximum Gasteiger partial charge on any atom is 0.294 e. The number of nitrogens with zero attached hydrogens (tertiary/aromatic N) is 2. The Labute approximate surface area is 202 Å². The number of morpholine rings is 1. The van der Waals surface area contributed by atoms with Gasteiger partial charge in [0.05, 0.1) is 24.7 Å². The number of nitrogens with one attached hydrogen (secondary N) is 1. The molecule has 0 aromatic heterocycles. The van der Waals surface area contributed by atoms with Crippen LogP contribution in [0.3, 0.4) is 0 Å². The number of carbonyl (C=O) groups excluding carboxylic acids is 3. The molecule has 2 heterocycles. The molecule has 2 aliphatic heterocycles. The van der Waals surface area contributed by atoms with E-state index in [9.17, 15) is 14.4 Å². The van der Waals surface area contributed by atoms with Crippen LogP contribution >= 0.6 is 11.8 Å². The lowest BCUT2D eigenvalue weighted by molar-refractivity contribution is -0.127. The third-order valence-corrected chi connectivity index (χ3v) is 6.28. The van der Waals surface area contributed by atoms with Crippen molar-refractivity contribution in [1.82, 2.24) is 4.90 Å². The van der Waals surface area contributed by atoms with Gasteiger partial charge in [0, 0.05) is 30.0 Å². The first-order valence-electron chi connectivity index (χ1n) is 11.2. The molecule has 0 unspecified atom stereocenters. The third kappa shape index (κ3) is 5.78. The number of carbonyl (C=O) groups is 3. The Morgan fingerprint density at radius 3 is 2.59 bits per heavy atom. The van der Waals surface area contributed by atoms with Crippen molar-refractivity contribution in [3.8, 4) is 5.75 Å². The monoisotopic (exact) mass is 481 g/mol. The minimum Gasteiger partial charge on any atom is -0.493 e. The van der Waals surface area contributed by atoms with E-state index in [1.54, 1.807) is 6.08 Å². The normalized spacial score (nSPS) is 17.4. The predicted molar refractivity (Wildman–Crippen MR) is 133 cm³/mol. The zero-order valence-electron chi connectivity index (χ0n) is 19.0. The molecule has 3 amide bonds. The summed E-state index contributed by atoms with van der Waals surface area (Å²) in [7, 11) is 0. The number of anilines is 2. The number of hydrogen-bond acceptors (Lipinski definition) is 7. The number of hydrogen-bond donors (Lipinski definition) is 1. The van der Waals surface area contributed by atoms with Crippen LogP contribution in [-0.4, -0.2) is 61.4 Å². The standard InChI is InChI=1S/C25H27N3O5S/c1-2-13-33-21-6-4-3-5-18(21)16-22-24(30)28(25(31)34-22)17-23(29)26-19-7-9-20(10-8-19)27-11-14-32-15-12-27/h3-10,16H,2,11-15,17H2,1H3,(H,26,29)/b22-16+. The summed E-state index contributed by atoms with van der Waals surface area (Å²) in [5, 5.41) is 2.29. The van der Waals surface area contributed by atoms with Crippen molar-refractivity contribution in [2.45, 2.75) is 13.3 Å². The molecule has 8 nitrogen and oxygen atoms in total. The zero-order valence-corrected chi connectivity index (χ0v) is 19.8. The Hall–Kier alpha value is -3.30. The predicted octanol–water partition coefficient (Wildman–Crippen LogP) is 3.99. The Kier molecular flexibility index (Phi) is 7.87. The molecule has 2 aromatic carbocycles. The van der Waals surface area contributed by atoms with Crippen molar-refractivity contribution in [2.24, 2.45) is 0 Å². The van der Waals surface area contributed by atoms with Gasteiger partial charge in [-0.05, 0) is 54.6 Å². The second-order valence-electron chi connectivity index (χ2n) is 7.85. The van der Waals surface area contributed by atoms with Crippen molar-refractivity contribution >= 4 is 46.3 Å². The minimum atomic E-state index is -0.488. The number of imide groups is 1. The molecular weight excluding hydrogens is 454 g/mol.